The minimum Gasteiger partial charge on any atom is -0.370 e. The molecule has 6 nitrogen and oxygen atoms in total. The Kier molecular flexibility index (Phi) is 8.40. The molecule has 3 N–H and O–H groups in total. The summed E-state index contributed by atoms with van der Waals surface area (Å²) in [5.74, 6) is 0.173. The Labute approximate surface area is 172 Å². The quantitative estimate of drug-likeness (QED) is 0.207. The van der Waals surface area contributed by atoms with E-state index in [0.29, 0.717) is 15.6 Å². The van der Waals surface area contributed by atoms with Gasteiger partial charge in [0.1, 0.15) is 0 Å². The fourth-order valence-corrected chi connectivity index (χ4v) is 2.76. The van der Waals surface area contributed by atoms with E-state index >= 15 is 0 Å². The summed E-state index contributed by atoms with van der Waals surface area (Å²) in [7, 11) is 0. The molecular weight excluding hydrogens is 478 g/mol. The van der Waals surface area contributed by atoms with Crippen molar-refractivity contribution in [3.8, 4) is 0 Å². The van der Waals surface area contributed by atoms with Crippen LogP contribution in [0.1, 0.15) is 24.1 Å². The van der Waals surface area contributed by atoms with Crippen LogP contribution in [0.25, 0.3) is 0 Å². The van der Waals surface area contributed by atoms with Crippen molar-refractivity contribution in [2.45, 2.75) is 19.5 Å². The van der Waals surface area contributed by atoms with Crippen LogP contribution < -0.4 is 11.1 Å². The largest absolute Gasteiger partial charge is 0.370 e. The molecule has 0 saturated heterocycles. The molecule has 0 aliphatic carbocycles. The van der Waals surface area contributed by atoms with Crippen LogP contribution in [0.4, 0.5) is 5.69 Å². The molecule has 134 valence electrons. The van der Waals surface area contributed by atoms with Crippen LogP contribution in [0.3, 0.4) is 0 Å². The van der Waals surface area contributed by atoms with Crippen LogP contribution in [0.15, 0.2) is 47.5 Å². The predicted molar refractivity (Wildman–Crippen MR) is 112 cm³/mol. The van der Waals surface area contributed by atoms with Crippen LogP contribution in [0, 0.1) is 10.1 Å². The van der Waals surface area contributed by atoms with E-state index in [-0.39, 0.29) is 48.2 Å². The molecule has 0 saturated carbocycles. The van der Waals surface area contributed by atoms with Crippen molar-refractivity contribution >= 4 is 58.8 Å². The molecule has 1 unspecified atom stereocenters. The zero-order chi connectivity index (χ0) is 17.7. The van der Waals surface area contributed by atoms with Crippen LogP contribution in [0.5, 0.6) is 0 Å². The maximum atomic E-state index is 11.0. The summed E-state index contributed by atoms with van der Waals surface area (Å²) >= 11 is 12.0. The van der Waals surface area contributed by atoms with Crippen LogP contribution in [-0.2, 0) is 6.54 Å². The molecule has 0 heterocycles. The highest BCUT2D eigenvalue weighted by molar-refractivity contribution is 14.0. The molecule has 25 heavy (non-hydrogen) atoms. The highest BCUT2D eigenvalue weighted by Crippen LogP contribution is 2.26. The summed E-state index contributed by atoms with van der Waals surface area (Å²) in [5, 5.41) is 15.1. The Morgan fingerprint density at radius 2 is 2.00 bits per heavy atom. The molecule has 9 heteroatoms. The summed E-state index contributed by atoms with van der Waals surface area (Å²) < 4.78 is 0. The van der Waals surface area contributed by atoms with Gasteiger partial charge in [-0.25, -0.2) is 4.99 Å². The monoisotopic (exact) mass is 494 g/mol. The molecule has 0 fully saturated rings. The lowest BCUT2D eigenvalue weighted by atomic mass is 10.1. The maximum Gasteiger partial charge on any atom is 0.274 e. The average molecular weight is 495 g/mol. The third kappa shape index (κ3) is 6.02. The molecule has 0 aliphatic heterocycles. The van der Waals surface area contributed by atoms with Gasteiger partial charge < -0.3 is 11.1 Å². The Morgan fingerprint density at radius 3 is 2.64 bits per heavy atom. The van der Waals surface area contributed by atoms with E-state index in [9.17, 15) is 10.1 Å². The number of nitrogens with two attached hydrogens (primary N) is 1. The van der Waals surface area contributed by atoms with Crippen molar-refractivity contribution < 1.29 is 4.92 Å². The number of benzene rings is 2. The van der Waals surface area contributed by atoms with Gasteiger partial charge in [-0.3, -0.25) is 10.1 Å². The van der Waals surface area contributed by atoms with Crippen LogP contribution >= 0.6 is 47.2 Å². The third-order valence-electron chi connectivity index (χ3n) is 3.40. The van der Waals surface area contributed by atoms with Crippen molar-refractivity contribution in [1.82, 2.24) is 5.32 Å². The van der Waals surface area contributed by atoms with Crippen molar-refractivity contribution in [3.05, 3.63) is 73.8 Å². The standard InChI is InChI=1S/C16H16Cl2N4O2.HI/c1-10(13-7-6-12(17)8-14(13)18)21-16(19)20-9-11-4-2-3-5-15(11)22(23)24;/h2-8,10H,9H2,1H3,(H3,19,20,21);1H. The second-order valence-corrected chi connectivity index (χ2v) is 5.96. The molecule has 2 rings (SSSR count). The molecule has 0 aromatic heterocycles. The average Bonchev–Trinajstić information content (AvgIpc) is 2.52. The number of halogens is 3. The SMILES string of the molecule is CC(NC(N)=NCc1ccccc1[N+](=O)[O-])c1ccc(Cl)cc1Cl.I. The molecule has 0 bridgehead atoms. The smallest absolute Gasteiger partial charge is 0.274 e. The number of nitro benzene ring substituents is 1. The summed E-state index contributed by atoms with van der Waals surface area (Å²) in [5.41, 5.74) is 7.20. The summed E-state index contributed by atoms with van der Waals surface area (Å²) in [6.45, 7) is 1.99. The first kappa shape index (κ1) is 21.5. The van der Waals surface area contributed by atoms with Crippen LogP contribution in [0.2, 0.25) is 10.0 Å². The van der Waals surface area contributed by atoms with E-state index in [1.807, 2.05) is 6.92 Å². The van der Waals surface area contributed by atoms with E-state index in [1.54, 1.807) is 36.4 Å². The Balaban J connectivity index is 0.00000312. The molecular formula is C16H17Cl2IN4O2. The van der Waals surface area contributed by atoms with E-state index in [1.165, 1.54) is 6.07 Å². The van der Waals surface area contributed by atoms with Gasteiger partial charge in [0.2, 0.25) is 0 Å². The number of hydrogen-bond acceptors (Lipinski definition) is 3. The van der Waals surface area contributed by atoms with Gasteiger partial charge in [-0.15, -0.1) is 24.0 Å². The second kappa shape index (κ2) is 9.79. The fraction of sp³-hybridized carbons (Fsp3) is 0.188. The Hall–Kier alpha value is -1.58. The molecule has 0 aliphatic rings. The van der Waals surface area contributed by atoms with Gasteiger partial charge in [0.05, 0.1) is 23.1 Å². The number of rotatable bonds is 5. The second-order valence-electron chi connectivity index (χ2n) is 5.12. The van der Waals surface area contributed by atoms with Crippen molar-refractivity contribution in [3.63, 3.8) is 0 Å². The zero-order valence-corrected chi connectivity index (χ0v) is 17.1. The molecule has 2 aromatic carbocycles. The van der Waals surface area contributed by atoms with Crippen molar-refractivity contribution in [2.24, 2.45) is 10.7 Å². The Bertz CT molecular complexity index is 786. The Morgan fingerprint density at radius 1 is 1.32 bits per heavy atom. The van der Waals surface area contributed by atoms with Gasteiger partial charge in [-0.05, 0) is 24.6 Å². The lowest BCUT2D eigenvalue weighted by Crippen LogP contribution is -2.34. The van der Waals surface area contributed by atoms with Gasteiger partial charge >= 0.3 is 0 Å². The first-order chi connectivity index (χ1) is 11.4. The number of nitrogens with one attached hydrogen (secondary N) is 1. The van der Waals surface area contributed by atoms with Gasteiger partial charge in [0.15, 0.2) is 5.96 Å². The van der Waals surface area contributed by atoms with Gasteiger partial charge in [0.25, 0.3) is 5.69 Å². The van der Waals surface area contributed by atoms with E-state index < -0.39 is 4.92 Å². The highest BCUT2D eigenvalue weighted by atomic mass is 127. The summed E-state index contributed by atoms with van der Waals surface area (Å²) in [6.07, 6.45) is 0. The fourth-order valence-electron chi connectivity index (χ4n) is 2.19. The number of nitrogens with zero attached hydrogens (tertiary/aromatic N) is 2. The first-order valence-electron chi connectivity index (χ1n) is 7.12. The number of guanidine groups is 1. The molecule has 1 atom stereocenters. The topological polar surface area (TPSA) is 93.5 Å². The minimum absolute atomic E-state index is 0. The molecule has 2 aromatic rings. The van der Waals surface area contributed by atoms with Crippen LogP contribution in [-0.4, -0.2) is 10.9 Å². The number of para-hydroxylation sites is 1. The minimum atomic E-state index is -0.440. The third-order valence-corrected chi connectivity index (χ3v) is 3.96. The molecule has 0 radical (unpaired) electrons. The number of hydrogen-bond donors (Lipinski definition) is 2. The van der Waals surface area contributed by atoms with Gasteiger partial charge in [-0.1, -0.05) is 47.5 Å². The normalized spacial score (nSPS) is 12.2. The summed E-state index contributed by atoms with van der Waals surface area (Å²) in [4.78, 5) is 14.7. The zero-order valence-electron chi connectivity index (χ0n) is 13.3. The molecule has 0 amide bonds. The lowest BCUT2D eigenvalue weighted by molar-refractivity contribution is -0.385. The number of aliphatic imine (C=N–C) groups is 1. The highest BCUT2D eigenvalue weighted by Gasteiger charge is 2.13. The first-order valence-corrected chi connectivity index (χ1v) is 7.87. The van der Waals surface area contributed by atoms with E-state index in [2.05, 4.69) is 10.3 Å². The molecule has 0 spiro atoms. The number of nitro groups is 1. The van der Waals surface area contributed by atoms with E-state index in [4.69, 9.17) is 28.9 Å². The van der Waals surface area contributed by atoms with Gasteiger partial charge in [0, 0.05) is 16.1 Å². The van der Waals surface area contributed by atoms with Gasteiger partial charge in [-0.2, -0.15) is 0 Å². The maximum absolute atomic E-state index is 11.0. The van der Waals surface area contributed by atoms with E-state index in [0.717, 1.165) is 5.56 Å². The lowest BCUT2D eigenvalue weighted by Gasteiger charge is -2.16. The van der Waals surface area contributed by atoms with Crippen molar-refractivity contribution in [1.29, 1.82) is 0 Å². The summed E-state index contributed by atoms with van der Waals surface area (Å²) in [6, 6.07) is 11.4. The van der Waals surface area contributed by atoms with Crippen molar-refractivity contribution in [2.75, 3.05) is 0 Å². The predicted octanol–water partition coefficient (Wildman–Crippen LogP) is 4.69.